The number of pyridine rings is 1. The van der Waals surface area contributed by atoms with Crippen LogP contribution in [0.15, 0.2) is 6.07 Å². The van der Waals surface area contributed by atoms with E-state index in [-0.39, 0.29) is 23.3 Å². The van der Waals surface area contributed by atoms with Crippen LogP contribution in [0.2, 0.25) is 0 Å². The van der Waals surface area contributed by atoms with Crippen LogP contribution in [-0.2, 0) is 16.2 Å². The maximum Gasteiger partial charge on any atom is 0.417 e. The smallest absolute Gasteiger partial charge is 0.417 e. The summed E-state index contributed by atoms with van der Waals surface area (Å²) in [6.07, 6.45) is -4.62. The molecule has 3 nitrogen and oxygen atoms in total. The van der Waals surface area contributed by atoms with E-state index in [0.717, 1.165) is 6.07 Å². The van der Waals surface area contributed by atoms with Crippen molar-refractivity contribution in [2.75, 3.05) is 6.61 Å². The van der Waals surface area contributed by atoms with Gasteiger partial charge in [0.1, 0.15) is 0 Å². The zero-order chi connectivity index (χ0) is 13.9. The first-order valence-electron chi connectivity index (χ1n) is 5.12. The molecule has 0 aromatic carbocycles. The maximum atomic E-state index is 12.9. The first-order valence-corrected chi connectivity index (χ1v) is 6.24. The van der Waals surface area contributed by atoms with Crippen LogP contribution in [0.3, 0.4) is 0 Å². The molecule has 1 aromatic rings. The number of carbonyl (C=O) groups is 1. The lowest BCUT2D eigenvalue weighted by Gasteiger charge is -2.15. The molecule has 1 heterocycles. The van der Waals surface area contributed by atoms with E-state index in [1.54, 1.807) is 0 Å². The van der Waals surface area contributed by atoms with Crippen LogP contribution in [0.4, 0.5) is 13.2 Å². The maximum absolute atomic E-state index is 12.9. The predicted molar refractivity (Wildman–Crippen MR) is 62.6 cm³/mol. The average molecular weight is 326 g/mol. The van der Waals surface area contributed by atoms with Gasteiger partial charge in [0.15, 0.2) is 0 Å². The standard InChI is InChI=1S/C11H11BrF3NO2/c1-3-18-10(17)9-7(11(13,14)15)4-6(2)16-8(9)5-12/h4H,3,5H2,1-2H3. The molecule has 0 fully saturated rings. The van der Waals surface area contributed by atoms with Gasteiger partial charge in [0, 0.05) is 11.0 Å². The second-order valence-corrected chi connectivity index (χ2v) is 4.05. The number of alkyl halides is 4. The molecule has 1 aromatic heterocycles. The van der Waals surface area contributed by atoms with Gasteiger partial charge in [0.05, 0.1) is 23.4 Å². The molecular weight excluding hydrogens is 315 g/mol. The molecule has 0 saturated heterocycles. The summed E-state index contributed by atoms with van der Waals surface area (Å²) in [5, 5.41) is 0.0475. The van der Waals surface area contributed by atoms with Gasteiger partial charge in [-0.15, -0.1) is 0 Å². The molecule has 0 aliphatic carbocycles. The molecular formula is C11H11BrF3NO2. The third kappa shape index (κ3) is 3.22. The second kappa shape index (κ2) is 5.69. The highest BCUT2D eigenvalue weighted by Gasteiger charge is 2.37. The number of hydrogen-bond acceptors (Lipinski definition) is 3. The van der Waals surface area contributed by atoms with Crippen LogP contribution in [-0.4, -0.2) is 17.6 Å². The quantitative estimate of drug-likeness (QED) is 0.631. The van der Waals surface area contributed by atoms with Gasteiger partial charge in [-0.3, -0.25) is 4.98 Å². The van der Waals surface area contributed by atoms with Crippen molar-refractivity contribution in [3.63, 3.8) is 0 Å². The van der Waals surface area contributed by atoms with E-state index >= 15 is 0 Å². The molecule has 0 spiro atoms. The summed E-state index contributed by atoms with van der Waals surface area (Å²) in [5.74, 6) is -1.01. The Labute approximate surface area is 110 Å². The highest BCUT2D eigenvalue weighted by molar-refractivity contribution is 9.08. The van der Waals surface area contributed by atoms with Crippen LogP contribution in [0.25, 0.3) is 0 Å². The van der Waals surface area contributed by atoms with Crippen molar-refractivity contribution in [3.8, 4) is 0 Å². The number of aromatic nitrogens is 1. The zero-order valence-electron chi connectivity index (χ0n) is 9.77. The summed E-state index contributed by atoms with van der Waals surface area (Å²) < 4.78 is 43.3. The Hall–Kier alpha value is -1.11. The lowest BCUT2D eigenvalue weighted by Crippen LogP contribution is -2.19. The van der Waals surface area contributed by atoms with Gasteiger partial charge in [-0.25, -0.2) is 4.79 Å². The summed E-state index contributed by atoms with van der Waals surface area (Å²) >= 11 is 3.03. The number of ether oxygens (including phenoxy) is 1. The summed E-state index contributed by atoms with van der Waals surface area (Å²) in [5.41, 5.74) is -1.31. The number of rotatable bonds is 3. The molecule has 0 radical (unpaired) electrons. The van der Waals surface area contributed by atoms with Crippen LogP contribution in [0, 0.1) is 6.92 Å². The van der Waals surface area contributed by atoms with Gasteiger partial charge in [-0.1, -0.05) is 15.9 Å². The Balaban J connectivity index is 3.48. The number of halogens is 4. The molecule has 0 aliphatic heterocycles. The number of nitrogens with zero attached hydrogens (tertiary/aromatic N) is 1. The number of carbonyl (C=O) groups excluding carboxylic acids is 1. The first-order chi connectivity index (χ1) is 8.31. The topological polar surface area (TPSA) is 39.2 Å². The Kier molecular flexibility index (Phi) is 4.72. The van der Waals surface area contributed by atoms with Gasteiger partial charge in [0.25, 0.3) is 0 Å². The molecule has 0 atom stereocenters. The molecule has 0 aliphatic rings. The SMILES string of the molecule is CCOC(=O)c1c(C(F)(F)F)cc(C)nc1CBr. The van der Waals surface area contributed by atoms with Gasteiger partial charge >= 0.3 is 12.1 Å². The molecule has 0 amide bonds. The second-order valence-electron chi connectivity index (χ2n) is 3.48. The van der Waals surface area contributed by atoms with Crippen molar-refractivity contribution in [3.05, 3.63) is 28.6 Å². The number of aryl methyl sites for hydroxylation is 1. The van der Waals surface area contributed by atoms with E-state index in [1.807, 2.05) is 0 Å². The summed E-state index contributed by atoms with van der Waals surface area (Å²) in [6.45, 7) is 2.97. The lowest BCUT2D eigenvalue weighted by molar-refractivity contribution is -0.138. The van der Waals surface area contributed by atoms with E-state index in [4.69, 9.17) is 0 Å². The van der Waals surface area contributed by atoms with E-state index in [1.165, 1.54) is 13.8 Å². The van der Waals surface area contributed by atoms with Crippen LogP contribution in [0.5, 0.6) is 0 Å². The summed E-state index contributed by atoms with van der Waals surface area (Å²) in [7, 11) is 0. The zero-order valence-corrected chi connectivity index (χ0v) is 11.4. The van der Waals surface area contributed by atoms with Crippen LogP contribution in [0.1, 0.15) is 34.2 Å². The average Bonchev–Trinajstić information content (AvgIpc) is 2.26. The first kappa shape index (κ1) is 14.9. The Morgan fingerprint density at radius 1 is 1.50 bits per heavy atom. The predicted octanol–water partition coefficient (Wildman–Crippen LogP) is 3.48. The molecule has 0 N–H and O–H groups in total. The van der Waals surface area contributed by atoms with Crippen molar-refractivity contribution < 1.29 is 22.7 Å². The summed E-state index contributed by atoms with van der Waals surface area (Å²) in [4.78, 5) is 15.5. The third-order valence-corrected chi connectivity index (χ3v) is 2.67. The Morgan fingerprint density at radius 2 is 2.11 bits per heavy atom. The highest BCUT2D eigenvalue weighted by Crippen LogP contribution is 2.34. The van der Waals surface area contributed by atoms with Crippen molar-refractivity contribution in [1.29, 1.82) is 0 Å². The van der Waals surface area contributed by atoms with Crippen LogP contribution < -0.4 is 0 Å². The Morgan fingerprint density at radius 3 is 2.56 bits per heavy atom. The molecule has 1 rings (SSSR count). The largest absolute Gasteiger partial charge is 0.462 e. The molecule has 0 bridgehead atoms. The van der Waals surface area contributed by atoms with Crippen molar-refractivity contribution in [1.82, 2.24) is 4.98 Å². The van der Waals surface area contributed by atoms with Gasteiger partial charge in [0.2, 0.25) is 0 Å². The lowest BCUT2D eigenvalue weighted by atomic mass is 10.1. The Bertz CT molecular complexity index is 460. The van der Waals surface area contributed by atoms with Crippen LogP contribution >= 0.6 is 15.9 Å². The van der Waals surface area contributed by atoms with E-state index < -0.39 is 23.3 Å². The fourth-order valence-corrected chi connectivity index (χ4v) is 1.89. The van der Waals surface area contributed by atoms with Gasteiger partial charge in [-0.2, -0.15) is 13.2 Å². The number of esters is 1. The minimum atomic E-state index is -4.62. The fourth-order valence-electron chi connectivity index (χ4n) is 1.49. The van der Waals surface area contributed by atoms with E-state index in [0.29, 0.717) is 0 Å². The minimum absolute atomic E-state index is 0.00569. The molecule has 0 saturated carbocycles. The minimum Gasteiger partial charge on any atom is -0.462 e. The van der Waals surface area contributed by atoms with Gasteiger partial charge in [-0.05, 0) is 19.9 Å². The van der Waals surface area contributed by atoms with Crippen molar-refractivity contribution in [2.24, 2.45) is 0 Å². The number of hydrogen-bond donors (Lipinski definition) is 0. The van der Waals surface area contributed by atoms with Gasteiger partial charge < -0.3 is 4.74 Å². The molecule has 100 valence electrons. The van der Waals surface area contributed by atoms with E-state index in [2.05, 4.69) is 25.7 Å². The van der Waals surface area contributed by atoms with Crippen molar-refractivity contribution in [2.45, 2.75) is 25.4 Å². The molecule has 7 heteroatoms. The highest BCUT2D eigenvalue weighted by atomic mass is 79.9. The normalized spacial score (nSPS) is 11.4. The molecule has 0 unspecified atom stereocenters. The summed E-state index contributed by atoms with van der Waals surface area (Å²) in [6, 6.07) is 0.846. The monoisotopic (exact) mass is 325 g/mol. The fraction of sp³-hybridized carbons (Fsp3) is 0.455. The van der Waals surface area contributed by atoms with E-state index in [9.17, 15) is 18.0 Å². The third-order valence-electron chi connectivity index (χ3n) is 2.13. The van der Waals surface area contributed by atoms with Crippen molar-refractivity contribution >= 4 is 21.9 Å². The molecule has 18 heavy (non-hydrogen) atoms.